The number of hydrogen-bond donors (Lipinski definition) is 2. The third-order valence-corrected chi connectivity index (χ3v) is 6.19. The van der Waals surface area contributed by atoms with Gasteiger partial charge in [0, 0.05) is 22.3 Å². The maximum absolute atomic E-state index is 14.4. The highest BCUT2D eigenvalue weighted by Crippen LogP contribution is 2.31. The van der Waals surface area contributed by atoms with Crippen molar-refractivity contribution in [1.82, 2.24) is 4.98 Å². The fourth-order valence-corrected chi connectivity index (χ4v) is 4.40. The summed E-state index contributed by atoms with van der Waals surface area (Å²) in [4.78, 5) is 30.9. The lowest BCUT2D eigenvalue weighted by atomic mass is 10.0. The normalized spacial score (nSPS) is 12.4. The first-order chi connectivity index (χ1) is 16.5. The second-order valence-electron chi connectivity index (χ2n) is 7.47. The Morgan fingerprint density at radius 3 is 2.62 bits per heavy atom. The van der Waals surface area contributed by atoms with Crippen LogP contribution in [0.2, 0.25) is 0 Å². The molecule has 0 saturated carbocycles. The van der Waals surface area contributed by atoms with Gasteiger partial charge in [0.15, 0.2) is 11.5 Å². The molecule has 0 fully saturated rings. The predicted molar refractivity (Wildman–Crippen MR) is 129 cm³/mol. The molecule has 5 rings (SSSR count). The number of carbonyl (C=O) groups is 2. The van der Waals surface area contributed by atoms with Gasteiger partial charge < -0.3 is 20.1 Å². The molecule has 0 spiro atoms. The summed E-state index contributed by atoms with van der Waals surface area (Å²) in [6, 6.07) is 14.1. The Hall–Kier alpha value is -3.92. The highest BCUT2D eigenvalue weighted by atomic mass is 32.1. The van der Waals surface area contributed by atoms with E-state index in [1.165, 1.54) is 29.5 Å². The lowest BCUT2D eigenvalue weighted by molar-refractivity contribution is 0.102. The summed E-state index contributed by atoms with van der Waals surface area (Å²) in [6.07, 6.45) is 0.297. The smallest absolute Gasteiger partial charge is 0.265 e. The van der Waals surface area contributed by atoms with Gasteiger partial charge in [0.1, 0.15) is 23.9 Å². The number of halogens is 1. The predicted octanol–water partition coefficient (Wildman–Crippen LogP) is 4.38. The van der Waals surface area contributed by atoms with Crippen molar-refractivity contribution in [2.45, 2.75) is 6.32 Å². The van der Waals surface area contributed by atoms with E-state index in [1.54, 1.807) is 30.3 Å². The number of ether oxygens (including phenoxy) is 2. The van der Waals surface area contributed by atoms with E-state index in [0.29, 0.717) is 57.7 Å². The molecule has 0 bridgehead atoms. The molecule has 1 aliphatic heterocycles. The van der Waals surface area contributed by atoms with Crippen LogP contribution >= 0.6 is 11.3 Å². The zero-order valence-corrected chi connectivity index (χ0v) is 18.6. The van der Waals surface area contributed by atoms with Gasteiger partial charge in [-0.25, -0.2) is 9.37 Å². The number of hydrogen-bond acceptors (Lipinski definition) is 6. The highest BCUT2D eigenvalue weighted by molar-refractivity contribution is 7.20. The topological polar surface area (TPSA) is 89.6 Å². The van der Waals surface area contributed by atoms with Crippen LogP contribution in [0.1, 0.15) is 25.7 Å². The largest absolute Gasteiger partial charge is 0.486 e. The van der Waals surface area contributed by atoms with Crippen LogP contribution in [0.4, 0.5) is 15.8 Å². The van der Waals surface area contributed by atoms with Crippen LogP contribution in [0.15, 0.2) is 54.6 Å². The van der Waals surface area contributed by atoms with Gasteiger partial charge in [-0.05, 0) is 54.9 Å². The van der Waals surface area contributed by atoms with Gasteiger partial charge >= 0.3 is 0 Å². The molecule has 34 heavy (non-hydrogen) atoms. The number of amides is 2. The molecule has 3 heterocycles. The maximum Gasteiger partial charge on any atom is 0.265 e. The monoisotopic (exact) mass is 473 g/mol. The van der Waals surface area contributed by atoms with Crippen molar-refractivity contribution < 1.29 is 23.5 Å². The fourth-order valence-electron chi connectivity index (χ4n) is 3.45. The Kier molecular flexibility index (Phi) is 5.89. The van der Waals surface area contributed by atoms with E-state index in [1.807, 2.05) is 6.07 Å². The molecule has 0 aliphatic carbocycles. The molecule has 0 saturated heterocycles. The minimum absolute atomic E-state index is 0.0574. The Morgan fingerprint density at radius 2 is 1.79 bits per heavy atom. The number of anilines is 2. The SMILES string of the molecule is [B]Cc1ccc2cc(C(=O)Nc3cc(NC(=O)c4ccc5c(c4)OCCO5)ccc3F)sc2n1. The summed E-state index contributed by atoms with van der Waals surface area (Å²) in [7, 11) is 5.62. The summed E-state index contributed by atoms with van der Waals surface area (Å²) in [5.74, 6) is -0.457. The van der Waals surface area contributed by atoms with Gasteiger partial charge in [0.05, 0.1) is 18.4 Å². The molecule has 10 heteroatoms. The molecule has 1 aliphatic rings. The van der Waals surface area contributed by atoms with Gasteiger partial charge in [0.25, 0.3) is 11.8 Å². The molecule has 2 aromatic heterocycles. The molecule has 0 unspecified atom stereocenters. The van der Waals surface area contributed by atoms with Crippen LogP contribution in [0.5, 0.6) is 11.5 Å². The third kappa shape index (κ3) is 4.44. The van der Waals surface area contributed by atoms with Crippen LogP contribution in [-0.4, -0.2) is 37.9 Å². The number of nitrogens with zero attached hydrogens (tertiary/aromatic N) is 1. The second-order valence-corrected chi connectivity index (χ2v) is 8.50. The summed E-state index contributed by atoms with van der Waals surface area (Å²) in [6.45, 7) is 0.860. The van der Waals surface area contributed by atoms with E-state index >= 15 is 0 Å². The van der Waals surface area contributed by atoms with Crippen LogP contribution in [0, 0.1) is 5.82 Å². The Balaban J connectivity index is 1.32. The van der Waals surface area contributed by atoms with Crippen LogP contribution < -0.4 is 20.1 Å². The molecule has 2 amide bonds. The first-order valence-electron chi connectivity index (χ1n) is 10.4. The van der Waals surface area contributed by atoms with Gasteiger partial charge in [-0.3, -0.25) is 9.59 Å². The third-order valence-electron chi connectivity index (χ3n) is 5.15. The number of thiophene rings is 1. The van der Waals surface area contributed by atoms with E-state index in [-0.39, 0.29) is 5.69 Å². The van der Waals surface area contributed by atoms with Gasteiger partial charge in [-0.15, -0.1) is 11.3 Å². The quantitative estimate of drug-likeness (QED) is 0.420. The Bertz CT molecular complexity index is 1420. The molecule has 2 N–H and O–H groups in total. The van der Waals surface area contributed by atoms with Crippen molar-refractivity contribution in [3.8, 4) is 11.5 Å². The van der Waals surface area contributed by atoms with Crippen molar-refractivity contribution in [2.24, 2.45) is 0 Å². The van der Waals surface area contributed by atoms with E-state index in [0.717, 1.165) is 5.39 Å². The average Bonchev–Trinajstić information content (AvgIpc) is 3.29. The molecule has 2 aromatic carbocycles. The Morgan fingerprint density at radius 1 is 0.971 bits per heavy atom. The fraction of sp³-hybridized carbons (Fsp3) is 0.125. The molecule has 0 atom stereocenters. The number of pyridine rings is 1. The molecule has 4 aromatic rings. The minimum atomic E-state index is -0.629. The molecule has 2 radical (unpaired) electrons. The van der Waals surface area contributed by atoms with Crippen LogP contribution in [-0.2, 0) is 6.32 Å². The molecule has 7 nitrogen and oxygen atoms in total. The zero-order valence-electron chi connectivity index (χ0n) is 17.8. The van der Waals surface area contributed by atoms with Gasteiger partial charge in [-0.2, -0.15) is 0 Å². The molecular formula is C24H17BFN3O4S. The van der Waals surface area contributed by atoms with E-state index < -0.39 is 17.6 Å². The summed E-state index contributed by atoms with van der Waals surface area (Å²) < 4.78 is 25.4. The number of fused-ring (bicyclic) bond motifs is 2. The van der Waals surface area contributed by atoms with Crippen LogP contribution in [0.25, 0.3) is 10.2 Å². The molecule has 168 valence electrons. The lowest BCUT2D eigenvalue weighted by Crippen LogP contribution is -2.17. The molecular weight excluding hydrogens is 456 g/mol. The second kappa shape index (κ2) is 9.15. The highest BCUT2D eigenvalue weighted by Gasteiger charge is 2.17. The average molecular weight is 473 g/mol. The number of benzene rings is 2. The Labute approximate surface area is 199 Å². The number of nitrogens with one attached hydrogen (secondary N) is 2. The van der Waals surface area contributed by atoms with E-state index in [4.69, 9.17) is 17.3 Å². The van der Waals surface area contributed by atoms with Gasteiger partial charge in [0.2, 0.25) is 0 Å². The zero-order chi connectivity index (χ0) is 23.7. The van der Waals surface area contributed by atoms with Crippen molar-refractivity contribution in [3.63, 3.8) is 0 Å². The number of aromatic nitrogens is 1. The first-order valence-corrected chi connectivity index (χ1v) is 11.2. The number of carbonyl (C=O) groups excluding carboxylic acids is 2. The van der Waals surface area contributed by atoms with Crippen LogP contribution in [0.3, 0.4) is 0 Å². The summed E-state index contributed by atoms with van der Waals surface area (Å²) >= 11 is 1.19. The van der Waals surface area contributed by atoms with Crippen molar-refractivity contribution in [2.75, 3.05) is 23.8 Å². The van der Waals surface area contributed by atoms with Crippen molar-refractivity contribution >= 4 is 52.6 Å². The first kappa shape index (κ1) is 21.9. The summed E-state index contributed by atoms with van der Waals surface area (Å²) in [5.41, 5.74) is 1.34. The van der Waals surface area contributed by atoms with E-state index in [2.05, 4.69) is 15.6 Å². The van der Waals surface area contributed by atoms with Gasteiger partial charge in [-0.1, -0.05) is 6.07 Å². The standard InChI is InChI=1S/C24H17BFN3O4S/c25-12-16-3-1-14-10-21(34-24(14)28-16)23(31)29-18-11-15(4-5-17(18)26)27-22(30)13-2-6-19-20(9-13)33-8-7-32-19/h1-6,9-11H,7-8,12H2,(H,27,30)(H,29,31). The van der Waals surface area contributed by atoms with Crippen molar-refractivity contribution in [3.05, 3.63) is 76.5 Å². The maximum atomic E-state index is 14.4. The minimum Gasteiger partial charge on any atom is -0.486 e. The summed E-state index contributed by atoms with van der Waals surface area (Å²) in [5, 5.41) is 6.07. The number of rotatable bonds is 5. The van der Waals surface area contributed by atoms with Crippen molar-refractivity contribution in [1.29, 1.82) is 0 Å². The van der Waals surface area contributed by atoms with E-state index in [9.17, 15) is 14.0 Å². The lowest BCUT2D eigenvalue weighted by Gasteiger charge is -2.18.